The molecule has 7 aromatic rings. The number of rotatable bonds is 7. The number of ether oxygens (including phenoxy) is 1. The van der Waals surface area contributed by atoms with E-state index >= 15 is 0 Å². The Kier molecular flexibility index (Phi) is 6.44. The number of hydrogen-bond acceptors (Lipinski definition) is 15. The number of aromatic amines is 2. The van der Waals surface area contributed by atoms with E-state index in [9.17, 15) is 0 Å². The van der Waals surface area contributed by atoms with Gasteiger partial charge in [-0.15, -0.1) is 20.4 Å². The van der Waals surface area contributed by atoms with E-state index in [-0.39, 0.29) is 11.5 Å². The van der Waals surface area contributed by atoms with Gasteiger partial charge < -0.3 is 4.74 Å². The number of H-pyrrole nitrogens is 2. The molecule has 46 heavy (non-hydrogen) atoms. The first-order valence-electron chi connectivity index (χ1n) is 13.9. The summed E-state index contributed by atoms with van der Waals surface area (Å²) in [4.78, 5) is 23.4. The van der Waals surface area contributed by atoms with Gasteiger partial charge >= 0.3 is 0 Å². The summed E-state index contributed by atoms with van der Waals surface area (Å²) < 4.78 is 7.36. The number of nitrogens with one attached hydrogen (secondary N) is 2. The van der Waals surface area contributed by atoms with Gasteiger partial charge in [0.05, 0.1) is 34.8 Å². The van der Waals surface area contributed by atoms with Crippen LogP contribution in [0.1, 0.15) is 46.0 Å². The van der Waals surface area contributed by atoms with E-state index in [4.69, 9.17) is 29.8 Å². The average Bonchev–Trinajstić information content (AvgIpc) is 3.89. The third-order valence-corrected chi connectivity index (χ3v) is 7.79. The summed E-state index contributed by atoms with van der Waals surface area (Å²) >= 11 is 0. The molecule has 8 rings (SSSR count). The van der Waals surface area contributed by atoms with Gasteiger partial charge in [0.15, 0.2) is 11.6 Å². The number of tetrazole rings is 1. The standard InChI is InChI=1S/C29H20N16O/c1-2-9-31-18(5-1)25-23(26-33-10-4-11-34-26)24(19-17-30-15-16-32-19)28(21-7-13-36-39-21,20-6-3-12-35-38-20)29(46-25,27-41-44-45-42-27)22-8-14-37-43-40-22/h1-17,24H,(H,36,39)(H,41,42,44,45). The molecule has 2 N–H and O–H groups in total. The summed E-state index contributed by atoms with van der Waals surface area (Å²) in [5.74, 6) is -0.150. The summed E-state index contributed by atoms with van der Waals surface area (Å²) in [5, 5.41) is 44.6. The van der Waals surface area contributed by atoms with Crippen LogP contribution in [0.25, 0.3) is 11.3 Å². The Morgan fingerprint density at radius 1 is 0.717 bits per heavy atom. The Balaban J connectivity index is 1.66. The molecule has 0 spiro atoms. The molecule has 0 saturated carbocycles. The van der Waals surface area contributed by atoms with Crippen molar-refractivity contribution in [3.05, 3.63) is 144 Å². The van der Waals surface area contributed by atoms with Crippen molar-refractivity contribution in [1.29, 1.82) is 0 Å². The van der Waals surface area contributed by atoms with Crippen LogP contribution in [0.2, 0.25) is 0 Å². The zero-order valence-corrected chi connectivity index (χ0v) is 23.6. The lowest BCUT2D eigenvalue weighted by Gasteiger charge is -2.53. The Morgan fingerprint density at radius 2 is 1.65 bits per heavy atom. The van der Waals surface area contributed by atoms with Gasteiger partial charge in [-0.2, -0.15) is 20.5 Å². The molecule has 0 fully saturated rings. The predicted molar refractivity (Wildman–Crippen MR) is 155 cm³/mol. The molecule has 17 heteroatoms. The fourth-order valence-electron chi connectivity index (χ4n) is 6.15. The number of allylic oxidation sites excluding steroid dienone is 1. The van der Waals surface area contributed by atoms with Crippen molar-refractivity contribution in [3.63, 3.8) is 0 Å². The molecule has 17 nitrogen and oxygen atoms in total. The van der Waals surface area contributed by atoms with Crippen molar-refractivity contribution in [2.75, 3.05) is 0 Å². The minimum Gasteiger partial charge on any atom is -0.468 e. The average molecular weight is 609 g/mol. The van der Waals surface area contributed by atoms with E-state index in [1.165, 1.54) is 6.20 Å². The van der Waals surface area contributed by atoms with Gasteiger partial charge in [0.25, 0.3) is 0 Å². The monoisotopic (exact) mass is 608 g/mol. The van der Waals surface area contributed by atoms with E-state index in [0.717, 1.165) is 0 Å². The van der Waals surface area contributed by atoms with Crippen molar-refractivity contribution in [2.24, 2.45) is 0 Å². The third kappa shape index (κ3) is 3.95. The highest BCUT2D eigenvalue weighted by Gasteiger charge is 2.71. The Labute approximate surface area is 258 Å². The maximum atomic E-state index is 7.36. The van der Waals surface area contributed by atoms with Crippen LogP contribution in [0.5, 0.6) is 0 Å². The second kappa shape index (κ2) is 11.1. The molecule has 0 aromatic carbocycles. The first kappa shape index (κ1) is 26.8. The van der Waals surface area contributed by atoms with E-state index in [1.54, 1.807) is 79.9 Å². The molecule has 0 bridgehead atoms. The Bertz CT molecular complexity index is 2070. The molecule has 1 aliphatic heterocycles. The van der Waals surface area contributed by atoms with Gasteiger partial charge in [-0.25, -0.2) is 9.97 Å². The molecule has 0 aliphatic carbocycles. The van der Waals surface area contributed by atoms with Gasteiger partial charge in [-0.05, 0) is 52.9 Å². The van der Waals surface area contributed by atoms with Crippen molar-refractivity contribution < 1.29 is 4.74 Å². The van der Waals surface area contributed by atoms with Gasteiger partial charge in [-0.3, -0.25) is 20.1 Å². The second-order valence-corrected chi connectivity index (χ2v) is 10.0. The molecule has 3 atom stereocenters. The molecule has 0 saturated heterocycles. The lowest BCUT2D eigenvalue weighted by molar-refractivity contribution is -0.0230. The molecule has 0 radical (unpaired) electrons. The van der Waals surface area contributed by atoms with Gasteiger partial charge in [0.1, 0.15) is 16.8 Å². The number of pyridine rings is 1. The summed E-state index contributed by atoms with van der Waals surface area (Å²) in [6.45, 7) is 0. The SMILES string of the molecule is c1ccc(C2=C(c3ncccn3)C(c3cnccn3)C(c3cccnn3)(c3ccn[nH]3)C(c3ccnnn3)(c3nn[nH]n3)O2)nc1. The second-order valence-electron chi connectivity index (χ2n) is 10.0. The topological polar surface area (TPSA) is 221 Å². The largest absolute Gasteiger partial charge is 0.468 e. The van der Waals surface area contributed by atoms with Crippen LogP contribution in [0, 0.1) is 0 Å². The van der Waals surface area contributed by atoms with E-state index < -0.39 is 16.9 Å². The van der Waals surface area contributed by atoms with Crippen LogP contribution in [-0.4, -0.2) is 81.3 Å². The van der Waals surface area contributed by atoms with Crippen LogP contribution >= 0.6 is 0 Å². The summed E-state index contributed by atoms with van der Waals surface area (Å²) in [5.41, 5.74) is -0.720. The Morgan fingerprint density at radius 3 is 2.35 bits per heavy atom. The molecule has 7 aromatic heterocycles. The summed E-state index contributed by atoms with van der Waals surface area (Å²) in [6, 6.07) is 14.3. The van der Waals surface area contributed by atoms with Crippen LogP contribution in [-0.2, 0) is 15.8 Å². The number of hydrogen-bond donors (Lipinski definition) is 2. The molecule has 0 amide bonds. The maximum absolute atomic E-state index is 7.36. The van der Waals surface area contributed by atoms with E-state index in [0.29, 0.717) is 39.9 Å². The minimum atomic E-state index is -1.83. The van der Waals surface area contributed by atoms with Gasteiger partial charge in [-0.1, -0.05) is 6.07 Å². The highest BCUT2D eigenvalue weighted by molar-refractivity contribution is 5.91. The number of nitrogens with zero attached hydrogens (tertiary/aromatic N) is 14. The lowest BCUT2D eigenvalue weighted by Crippen LogP contribution is -2.60. The Hall–Kier alpha value is -6.78. The highest BCUT2D eigenvalue weighted by Crippen LogP contribution is 2.65. The van der Waals surface area contributed by atoms with Crippen molar-refractivity contribution in [2.45, 2.75) is 16.9 Å². The lowest BCUT2D eigenvalue weighted by atomic mass is 9.54. The molecular formula is C29H20N16O. The van der Waals surface area contributed by atoms with Crippen LogP contribution in [0.3, 0.4) is 0 Å². The maximum Gasteiger partial charge on any atom is 0.233 e. The molecule has 3 unspecified atom stereocenters. The summed E-state index contributed by atoms with van der Waals surface area (Å²) in [7, 11) is 0. The van der Waals surface area contributed by atoms with Crippen LogP contribution < -0.4 is 0 Å². The number of aromatic nitrogens is 16. The zero-order valence-electron chi connectivity index (χ0n) is 23.6. The van der Waals surface area contributed by atoms with Crippen LogP contribution in [0.4, 0.5) is 0 Å². The predicted octanol–water partition coefficient (Wildman–Crippen LogP) is 1.49. The van der Waals surface area contributed by atoms with Crippen molar-refractivity contribution >= 4 is 11.3 Å². The van der Waals surface area contributed by atoms with Crippen molar-refractivity contribution in [3.8, 4) is 0 Å². The molecule has 222 valence electrons. The first-order valence-corrected chi connectivity index (χ1v) is 13.9. The summed E-state index contributed by atoms with van der Waals surface area (Å²) in [6.07, 6.45) is 14.5. The van der Waals surface area contributed by atoms with E-state index in [2.05, 4.69) is 56.3 Å². The third-order valence-electron chi connectivity index (χ3n) is 7.79. The zero-order chi connectivity index (χ0) is 30.8. The van der Waals surface area contributed by atoms with Gasteiger partial charge in [0, 0.05) is 49.6 Å². The van der Waals surface area contributed by atoms with Crippen LogP contribution in [0.15, 0.2) is 104 Å². The normalized spacial score (nSPS) is 21.1. The molecule has 8 heterocycles. The molecular weight excluding hydrogens is 588 g/mol. The molecule has 1 aliphatic rings. The fourth-order valence-corrected chi connectivity index (χ4v) is 6.15. The quantitative estimate of drug-likeness (QED) is 0.262. The first-order chi connectivity index (χ1) is 22.8. The highest BCUT2D eigenvalue weighted by atomic mass is 16.5. The fraction of sp³-hybridized carbons (Fsp3) is 0.103. The minimum absolute atomic E-state index is 0.0867. The smallest absolute Gasteiger partial charge is 0.233 e. The van der Waals surface area contributed by atoms with E-state index in [1.807, 2.05) is 18.2 Å². The van der Waals surface area contributed by atoms with Crippen molar-refractivity contribution in [1.82, 2.24) is 81.3 Å². The van der Waals surface area contributed by atoms with Gasteiger partial charge in [0.2, 0.25) is 11.4 Å².